The standard InChI is InChI=1S/C13H16N2O4/c14-10-5-12-11(18-7-19-12)4-9(10)13(17)15-3-1-2-8(16)6-15/h4-5,8,16H,1-3,6-7,14H2. The lowest BCUT2D eigenvalue weighted by Gasteiger charge is -2.30. The predicted octanol–water partition coefficient (Wildman–Crippen LogP) is 0.594. The van der Waals surface area contributed by atoms with Gasteiger partial charge in [-0.1, -0.05) is 0 Å². The fraction of sp³-hybridized carbons (Fsp3) is 0.462. The normalized spacial score (nSPS) is 21.5. The molecular formula is C13H16N2O4. The van der Waals surface area contributed by atoms with Gasteiger partial charge in [0.05, 0.1) is 11.7 Å². The van der Waals surface area contributed by atoms with Gasteiger partial charge in [-0.25, -0.2) is 0 Å². The Kier molecular flexibility index (Phi) is 2.94. The molecule has 0 radical (unpaired) electrons. The molecule has 1 atom stereocenters. The molecule has 2 heterocycles. The van der Waals surface area contributed by atoms with Crippen LogP contribution in [0.5, 0.6) is 11.5 Å². The highest BCUT2D eigenvalue weighted by Gasteiger charge is 2.26. The molecule has 1 saturated heterocycles. The van der Waals surface area contributed by atoms with E-state index < -0.39 is 6.10 Å². The lowest BCUT2D eigenvalue weighted by atomic mass is 10.1. The minimum absolute atomic E-state index is 0.148. The fourth-order valence-electron chi connectivity index (χ4n) is 2.45. The van der Waals surface area contributed by atoms with Gasteiger partial charge >= 0.3 is 0 Å². The molecule has 1 aromatic rings. The summed E-state index contributed by atoms with van der Waals surface area (Å²) in [4.78, 5) is 14.0. The number of benzene rings is 1. The van der Waals surface area contributed by atoms with Crippen LogP contribution in [-0.4, -0.2) is 41.9 Å². The number of ether oxygens (including phenoxy) is 2. The number of aliphatic hydroxyl groups excluding tert-OH is 1. The van der Waals surface area contributed by atoms with Gasteiger partial charge in [0.1, 0.15) is 0 Å². The monoisotopic (exact) mass is 264 g/mol. The van der Waals surface area contributed by atoms with Crippen molar-refractivity contribution in [1.29, 1.82) is 0 Å². The SMILES string of the molecule is Nc1cc2c(cc1C(=O)N1CCCC(O)C1)OCO2. The van der Waals surface area contributed by atoms with Crippen molar-refractivity contribution in [3.8, 4) is 11.5 Å². The number of aliphatic hydroxyl groups is 1. The highest BCUT2D eigenvalue weighted by Crippen LogP contribution is 2.36. The van der Waals surface area contributed by atoms with E-state index in [0.29, 0.717) is 35.8 Å². The zero-order valence-electron chi connectivity index (χ0n) is 10.5. The number of likely N-dealkylation sites (tertiary alicyclic amines) is 1. The van der Waals surface area contributed by atoms with E-state index in [1.54, 1.807) is 17.0 Å². The van der Waals surface area contributed by atoms with Crippen molar-refractivity contribution >= 4 is 11.6 Å². The van der Waals surface area contributed by atoms with Crippen LogP contribution in [0.3, 0.4) is 0 Å². The average Bonchev–Trinajstić information content (AvgIpc) is 2.84. The summed E-state index contributed by atoms with van der Waals surface area (Å²) < 4.78 is 10.5. The summed E-state index contributed by atoms with van der Waals surface area (Å²) in [7, 11) is 0. The summed E-state index contributed by atoms with van der Waals surface area (Å²) in [6, 6.07) is 3.22. The van der Waals surface area contributed by atoms with Gasteiger partial charge in [-0.3, -0.25) is 4.79 Å². The molecular weight excluding hydrogens is 248 g/mol. The van der Waals surface area contributed by atoms with Crippen LogP contribution < -0.4 is 15.2 Å². The first-order chi connectivity index (χ1) is 9.15. The highest BCUT2D eigenvalue weighted by molar-refractivity contribution is 6.00. The van der Waals surface area contributed by atoms with E-state index >= 15 is 0 Å². The largest absolute Gasteiger partial charge is 0.454 e. The van der Waals surface area contributed by atoms with E-state index in [9.17, 15) is 9.90 Å². The maximum atomic E-state index is 12.4. The van der Waals surface area contributed by atoms with Crippen LogP contribution in [-0.2, 0) is 0 Å². The average molecular weight is 264 g/mol. The lowest BCUT2D eigenvalue weighted by molar-refractivity contribution is 0.0474. The van der Waals surface area contributed by atoms with Crippen LogP contribution >= 0.6 is 0 Å². The van der Waals surface area contributed by atoms with Gasteiger partial charge in [-0.2, -0.15) is 0 Å². The zero-order valence-corrected chi connectivity index (χ0v) is 10.5. The number of nitrogen functional groups attached to an aromatic ring is 1. The number of hydrogen-bond donors (Lipinski definition) is 2. The van der Waals surface area contributed by atoms with Crippen LogP contribution in [0.1, 0.15) is 23.2 Å². The predicted molar refractivity (Wildman–Crippen MR) is 68.1 cm³/mol. The molecule has 6 nitrogen and oxygen atoms in total. The number of fused-ring (bicyclic) bond motifs is 1. The molecule has 0 saturated carbocycles. The smallest absolute Gasteiger partial charge is 0.256 e. The first kappa shape index (κ1) is 12.1. The maximum Gasteiger partial charge on any atom is 0.256 e. The number of hydrogen-bond acceptors (Lipinski definition) is 5. The lowest BCUT2D eigenvalue weighted by Crippen LogP contribution is -2.42. The minimum Gasteiger partial charge on any atom is -0.454 e. The van der Waals surface area contributed by atoms with Crippen LogP contribution in [0.4, 0.5) is 5.69 Å². The second-order valence-corrected chi connectivity index (χ2v) is 4.84. The number of nitrogens with two attached hydrogens (primary N) is 1. The van der Waals surface area contributed by atoms with E-state index in [1.807, 2.05) is 0 Å². The maximum absolute atomic E-state index is 12.4. The molecule has 0 spiro atoms. The van der Waals surface area contributed by atoms with Gasteiger partial charge in [0.15, 0.2) is 11.5 Å². The van der Waals surface area contributed by atoms with Crippen molar-refractivity contribution in [1.82, 2.24) is 4.90 Å². The Balaban J connectivity index is 1.87. The summed E-state index contributed by atoms with van der Waals surface area (Å²) in [5.74, 6) is 0.928. The first-order valence-corrected chi connectivity index (χ1v) is 6.31. The zero-order chi connectivity index (χ0) is 13.4. The third-order valence-corrected chi connectivity index (χ3v) is 3.46. The van der Waals surface area contributed by atoms with Crippen molar-refractivity contribution < 1.29 is 19.4 Å². The number of β-amino-alcohol motifs (C(OH)–C–C–N with tert-alkyl or cyclic N) is 1. The first-order valence-electron chi connectivity index (χ1n) is 6.31. The molecule has 0 aromatic heterocycles. The van der Waals surface area contributed by atoms with Gasteiger partial charge in [0.2, 0.25) is 6.79 Å². The van der Waals surface area contributed by atoms with Gasteiger partial charge in [-0.05, 0) is 18.9 Å². The molecule has 1 amide bonds. The molecule has 3 rings (SSSR count). The number of rotatable bonds is 1. The Morgan fingerprint density at radius 1 is 1.37 bits per heavy atom. The number of piperidine rings is 1. The minimum atomic E-state index is -0.451. The van der Waals surface area contributed by atoms with Gasteiger partial charge in [-0.15, -0.1) is 0 Å². The summed E-state index contributed by atoms with van der Waals surface area (Å²) in [5, 5.41) is 9.63. The van der Waals surface area contributed by atoms with Crippen molar-refractivity contribution in [2.75, 3.05) is 25.6 Å². The van der Waals surface area contributed by atoms with E-state index in [1.165, 1.54) is 0 Å². The highest BCUT2D eigenvalue weighted by atomic mass is 16.7. The molecule has 19 heavy (non-hydrogen) atoms. The van der Waals surface area contributed by atoms with Crippen LogP contribution in [0.25, 0.3) is 0 Å². The van der Waals surface area contributed by atoms with E-state index in [2.05, 4.69) is 0 Å². The molecule has 2 aliphatic rings. The quantitative estimate of drug-likeness (QED) is 0.725. The van der Waals surface area contributed by atoms with Crippen LogP contribution in [0.15, 0.2) is 12.1 Å². The fourth-order valence-corrected chi connectivity index (χ4v) is 2.45. The second kappa shape index (κ2) is 4.62. The van der Waals surface area contributed by atoms with Crippen LogP contribution in [0, 0.1) is 0 Å². The Morgan fingerprint density at radius 3 is 2.84 bits per heavy atom. The molecule has 0 bridgehead atoms. The third-order valence-electron chi connectivity index (χ3n) is 3.46. The van der Waals surface area contributed by atoms with Crippen molar-refractivity contribution in [3.63, 3.8) is 0 Å². The Bertz CT molecular complexity index is 518. The van der Waals surface area contributed by atoms with Crippen molar-refractivity contribution in [2.24, 2.45) is 0 Å². The number of nitrogens with zero attached hydrogens (tertiary/aromatic N) is 1. The summed E-state index contributed by atoms with van der Waals surface area (Å²) in [6.45, 7) is 1.14. The van der Waals surface area contributed by atoms with E-state index in [4.69, 9.17) is 15.2 Å². The van der Waals surface area contributed by atoms with E-state index in [0.717, 1.165) is 12.8 Å². The molecule has 102 valence electrons. The second-order valence-electron chi connectivity index (χ2n) is 4.84. The van der Waals surface area contributed by atoms with Crippen LogP contribution in [0.2, 0.25) is 0 Å². The summed E-state index contributed by atoms with van der Waals surface area (Å²) in [5.41, 5.74) is 6.66. The van der Waals surface area contributed by atoms with Gasteiger partial charge < -0.3 is 25.2 Å². The summed E-state index contributed by atoms with van der Waals surface area (Å²) in [6.07, 6.45) is 1.09. The number of amides is 1. The Labute approximate surface area is 110 Å². The molecule has 3 N–H and O–H groups in total. The Hall–Kier alpha value is -1.95. The summed E-state index contributed by atoms with van der Waals surface area (Å²) >= 11 is 0. The van der Waals surface area contributed by atoms with Crippen molar-refractivity contribution in [3.05, 3.63) is 17.7 Å². The molecule has 2 aliphatic heterocycles. The van der Waals surface area contributed by atoms with Gasteiger partial charge in [0, 0.05) is 24.8 Å². The van der Waals surface area contributed by atoms with Crippen molar-refractivity contribution in [2.45, 2.75) is 18.9 Å². The number of anilines is 1. The third kappa shape index (κ3) is 2.19. The molecule has 1 aromatic carbocycles. The molecule has 1 fully saturated rings. The molecule has 0 aliphatic carbocycles. The Morgan fingerprint density at radius 2 is 2.11 bits per heavy atom. The van der Waals surface area contributed by atoms with E-state index in [-0.39, 0.29) is 12.7 Å². The van der Waals surface area contributed by atoms with Gasteiger partial charge in [0.25, 0.3) is 5.91 Å². The number of carbonyl (C=O) groups excluding carboxylic acids is 1. The topological polar surface area (TPSA) is 85.0 Å². The molecule has 6 heteroatoms. The number of carbonyl (C=O) groups is 1. The molecule has 1 unspecified atom stereocenters.